The number of nitrogen functional groups attached to an aromatic ring is 1. The number of aromatic nitrogens is 1. The molecule has 7 heteroatoms. The van der Waals surface area contributed by atoms with Crippen LogP contribution in [0.2, 0.25) is 0 Å². The number of nitrogens with zero attached hydrogens (tertiary/aromatic N) is 2. The Morgan fingerprint density at radius 3 is 2.77 bits per heavy atom. The summed E-state index contributed by atoms with van der Waals surface area (Å²) < 4.78 is 5.64. The maximum Gasteiger partial charge on any atom is 0.142 e. The molecule has 0 bridgehead atoms. The molecule has 1 aliphatic heterocycles. The zero-order valence-corrected chi connectivity index (χ0v) is 15.5. The van der Waals surface area contributed by atoms with E-state index in [4.69, 9.17) is 10.5 Å². The van der Waals surface area contributed by atoms with Crippen molar-refractivity contribution in [3.05, 3.63) is 35.4 Å². The molecule has 138 valence electrons. The van der Waals surface area contributed by atoms with Crippen LogP contribution in [0, 0.1) is 11.3 Å². The van der Waals surface area contributed by atoms with Gasteiger partial charge in [0, 0.05) is 0 Å². The zero-order valence-electron chi connectivity index (χ0n) is 14.7. The number of hydrogen-bond acceptors (Lipinski definition) is 6. The Labute approximate surface area is 159 Å². The largest absolute Gasteiger partial charge is 0.507 e. The first-order valence-electron chi connectivity index (χ1n) is 8.52. The summed E-state index contributed by atoms with van der Waals surface area (Å²) in [6, 6.07) is 9.18. The highest BCUT2D eigenvalue weighted by molar-refractivity contribution is 5.85. The SMILES string of the molecule is CCOc1cccc(O)c1-c1cc(C2CCNCC2)c(C#N)c(N)n1.Cl. The van der Waals surface area contributed by atoms with E-state index < -0.39 is 0 Å². The lowest BCUT2D eigenvalue weighted by molar-refractivity contribution is 0.339. The van der Waals surface area contributed by atoms with Crippen molar-refractivity contribution in [2.75, 3.05) is 25.4 Å². The molecule has 1 fully saturated rings. The van der Waals surface area contributed by atoms with E-state index >= 15 is 0 Å². The fraction of sp³-hybridized carbons (Fsp3) is 0.368. The van der Waals surface area contributed by atoms with Crippen molar-refractivity contribution < 1.29 is 9.84 Å². The summed E-state index contributed by atoms with van der Waals surface area (Å²) in [6.07, 6.45) is 1.88. The van der Waals surface area contributed by atoms with Gasteiger partial charge in [-0.1, -0.05) is 6.07 Å². The highest BCUT2D eigenvalue weighted by Gasteiger charge is 2.23. The van der Waals surface area contributed by atoms with Crippen molar-refractivity contribution in [2.24, 2.45) is 0 Å². The third-order valence-electron chi connectivity index (χ3n) is 4.53. The third kappa shape index (κ3) is 3.85. The van der Waals surface area contributed by atoms with Crippen molar-refractivity contribution >= 4 is 18.2 Å². The first kappa shape index (κ1) is 19.8. The number of hydrogen-bond donors (Lipinski definition) is 3. The molecule has 0 atom stereocenters. The number of ether oxygens (including phenoxy) is 1. The van der Waals surface area contributed by atoms with Crippen LogP contribution in [-0.2, 0) is 0 Å². The number of pyridine rings is 1. The van der Waals surface area contributed by atoms with E-state index in [0.29, 0.717) is 29.2 Å². The van der Waals surface area contributed by atoms with E-state index in [1.165, 1.54) is 0 Å². The van der Waals surface area contributed by atoms with Gasteiger partial charge in [0.25, 0.3) is 0 Å². The van der Waals surface area contributed by atoms with Crippen molar-refractivity contribution in [1.82, 2.24) is 10.3 Å². The average Bonchev–Trinajstić information content (AvgIpc) is 2.62. The molecule has 1 aromatic heterocycles. The molecule has 1 aliphatic rings. The zero-order chi connectivity index (χ0) is 17.8. The molecule has 26 heavy (non-hydrogen) atoms. The number of nitrogens with two attached hydrogens (primary N) is 1. The lowest BCUT2D eigenvalue weighted by atomic mass is 9.86. The average molecular weight is 375 g/mol. The second-order valence-electron chi connectivity index (χ2n) is 6.08. The molecule has 2 heterocycles. The van der Waals surface area contributed by atoms with Gasteiger partial charge in [-0.15, -0.1) is 12.4 Å². The van der Waals surface area contributed by atoms with Crippen LogP contribution in [0.5, 0.6) is 11.5 Å². The monoisotopic (exact) mass is 374 g/mol. The normalized spacial score (nSPS) is 14.3. The number of anilines is 1. The quantitative estimate of drug-likeness (QED) is 0.759. The predicted octanol–water partition coefficient (Wildman–Crippen LogP) is 3.20. The van der Waals surface area contributed by atoms with E-state index in [0.717, 1.165) is 31.5 Å². The van der Waals surface area contributed by atoms with Crippen LogP contribution < -0.4 is 15.8 Å². The van der Waals surface area contributed by atoms with Crippen molar-refractivity contribution in [2.45, 2.75) is 25.7 Å². The Hall–Kier alpha value is -2.49. The maximum atomic E-state index is 10.4. The van der Waals surface area contributed by atoms with Gasteiger partial charge in [0.2, 0.25) is 0 Å². The Balaban J connectivity index is 0.00000243. The third-order valence-corrected chi connectivity index (χ3v) is 4.53. The molecule has 0 unspecified atom stereocenters. The lowest BCUT2D eigenvalue weighted by Crippen LogP contribution is -2.27. The molecular weight excluding hydrogens is 352 g/mol. The van der Waals surface area contributed by atoms with Crippen molar-refractivity contribution in [3.63, 3.8) is 0 Å². The van der Waals surface area contributed by atoms with Crippen LogP contribution in [0.3, 0.4) is 0 Å². The molecule has 0 saturated carbocycles. The summed E-state index contributed by atoms with van der Waals surface area (Å²) in [4.78, 5) is 4.37. The van der Waals surface area contributed by atoms with Crippen LogP contribution in [0.15, 0.2) is 24.3 Å². The van der Waals surface area contributed by atoms with Gasteiger partial charge in [-0.3, -0.25) is 0 Å². The Bertz CT molecular complexity index is 814. The van der Waals surface area contributed by atoms with Crippen LogP contribution in [0.25, 0.3) is 11.3 Å². The molecule has 0 spiro atoms. The van der Waals surface area contributed by atoms with Gasteiger partial charge in [0.15, 0.2) is 0 Å². The lowest BCUT2D eigenvalue weighted by Gasteiger charge is -2.25. The molecule has 2 aromatic rings. The summed E-state index contributed by atoms with van der Waals surface area (Å²) in [5.41, 5.74) is 8.46. The molecule has 1 saturated heterocycles. The first-order valence-corrected chi connectivity index (χ1v) is 8.52. The molecule has 4 N–H and O–H groups in total. The van der Waals surface area contributed by atoms with Crippen LogP contribution >= 0.6 is 12.4 Å². The molecule has 0 radical (unpaired) electrons. The standard InChI is InChI=1S/C19H22N4O2.ClH/c1-2-25-17-5-3-4-16(24)18(17)15-10-13(12-6-8-22-9-7-12)14(11-20)19(21)23-15;/h3-5,10,12,22,24H,2,6-9H2,1H3,(H2,21,23);1H. The second kappa shape index (κ2) is 8.75. The molecule has 0 aliphatic carbocycles. The minimum Gasteiger partial charge on any atom is -0.507 e. The Kier molecular flexibility index (Phi) is 6.67. The highest BCUT2D eigenvalue weighted by atomic mass is 35.5. The summed E-state index contributed by atoms with van der Waals surface area (Å²) >= 11 is 0. The second-order valence-corrected chi connectivity index (χ2v) is 6.08. The molecule has 3 rings (SSSR count). The minimum atomic E-state index is 0. The van der Waals surface area contributed by atoms with E-state index in [1.807, 2.05) is 13.0 Å². The Morgan fingerprint density at radius 1 is 1.38 bits per heavy atom. The Morgan fingerprint density at radius 2 is 2.12 bits per heavy atom. The van der Waals surface area contributed by atoms with Crippen molar-refractivity contribution in [1.29, 1.82) is 5.26 Å². The highest BCUT2D eigenvalue weighted by Crippen LogP contribution is 2.40. The number of nitrogens with one attached hydrogen (secondary N) is 1. The fourth-order valence-electron chi connectivity index (χ4n) is 3.34. The summed E-state index contributed by atoms with van der Waals surface area (Å²) in [7, 11) is 0. The number of phenolic OH excluding ortho intramolecular Hbond substituents is 1. The van der Waals surface area contributed by atoms with E-state index in [9.17, 15) is 10.4 Å². The molecular formula is C19H23ClN4O2. The predicted molar refractivity (Wildman–Crippen MR) is 104 cm³/mol. The molecule has 0 amide bonds. The van der Waals surface area contributed by atoms with Gasteiger partial charge in [0.05, 0.1) is 23.4 Å². The number of halogens is 1. The van der Waals surface area contributed by atoms with E-state index in [1.54, 1.807) is 18.2 Å². The van der Waals surface area contributed by atoms with Crippen molar-refractivity contribution in [3.8, 4) is 28.8 Å². The summed E-state index contributed by atoms with van der Waals surface area (Å²) in [6.45, 7) is 4.18. The topological polar surface area (TPSA) is 104 Å². The first-order chi connectivity index (χ1) is 12.2. The van der Waals surface area contributed by atoms with Gasteiger partial charge in [0.1, 0.15) is 23.4 Å². The minimum absolute atomic E-state index is 0. The van der Waals surface area contributed by atoms with E-state index in [-0.39, 0.29) is 29.9 Å². The number of nitriles is 1. The number of piperidine rings is 1. The van der Waals surface area contributed by atoms with Crippen LogP contribution in [0.4, 0.5) is 5.82 Å². The smallest absolute Gasteiger partial charge is 0.142 e. The fourth-order valence-corrected chi connectivity index (χ4v) is 3.34. The number of benzene rings is 1. The van der Waals surface area contributed by atoms with Crippen LogP contribution in [-0.4, -0.2) is 29.8 Å². The molecule has 6 nitrogen and oxygen atoms in total. The molecule has 1 aromatic carbocycles. The number of phenols is 1. The summed E-state index contributed by atoms with van der Waals surface area (Å²) in [5, 5.41) is 23.2. The van der Waals surface area contributed by atoms with Gasteiger partial charge in [-0.25, -0.2) is 4.98 Å². The maximum absolute atomic E-state index is 10.4. The van der Waals surface area contributed by atoms with Gasteiger partial charge in [-0.05, 0) is 62.5 Å². The van der Waals surface area contributed by atoms with E-state index in [2.05, 4.69) is 16.4 Å². The van der Waals surface area contributed by atoms with Gasteiger partial charge in [-0.2, -0.15) is 5.26 Å². The van der Waals surface area contributed by atoms with Gasteiger partial charge >= 0.3 is 0 Å². The van der Waals surface area contributed by atoms with Gasteiger partial charge < -0.3 is 20.9 Å². The number of rotatable bonds is 4. The number of aromatic hydroxyl groups is 1. The van der Waals surface area contributed by atoms with Crippen LogP contribution in [0.1, 0.15) is 36.8 Å². The summed E-state index contributed by atoms with van der Waals surface area (Å²) in [5.74, 6) is 1.08.